The maximum atomic E-state index is 13.4. The van der Waals surface area contributed by atoms with E-state index >= 15 is 0 Å². The van der Waals surface area contributed by atoms with E-state index in [1.165, 1.54) is 0 Å². The predicted molar refractivity (Wildman–Crippen MR) is 108 cm³/mol. The molecule has 0 amide bonds. The quantitative estimate of drug-likeness (QED) is 0.246. The summed E-state index contributed by atoms with van der Waals surface area (Å²) in [5, 5.41) is 0. The lowest BCUT2D eigenvalue weighted by Gasteiger charge is -2.21. The number of hydrogen-bond acceptors (Lipinski definition) is 4. The highest BCUT2D eigenvalue weighted by Crippen LogP contribution is 2.50. The van der Waals surface area contributed by atoms with Crippen molar-refractivity contribution in [2.24, 2.45) is 0 Å². The average molecular weight is 564 g/mol. The zero-order valence-electron chi connectivity index (χ0n) is 18.1. The van der Waals surface area contributed by atoms with Gasteiger partial charge in [-0.15, -0.1) is 0 Å². The Bertz CT molecular complexity index is 1220. The monoisotopic (exact) mass is 564 g/mol. The first-order valence-corrected chi connectivity index (χ1v) is 9.80. The molecule has 0 atom stereocenters. The van der Waals surface area contributed by atoms with Crippen LogP contribution in [0.1, 0.15) is 22.3 Å². The van der Waals surface area contributed by atoms with E-state index in [1.54, 1.807) is 0 Å². The third kappa shape index (κ3) is 5.94. The topological polar surface area (TPSA) is 70.5 Å². The van der Waals surface area contributed by atoms with Gasteiger partial charge in [0.15, 0.2) is 11.5 Å². The third-order valence-corrected chi connectivity index (χ3v) is 4.82. The Morgan fingerprint density at radius 3 is 0.947 bits per heavy atom. The molecule has 3 aromatic carbocycles. The Kier molecular flexibility index (Phi) is 7.07. The summed E-state index contributed by atoms with van der Waals surface area (Å²) < 4.78 is 170. The van der Waals surface area contributed by atoms with Crippen LogP contribution in [0.2, 0.25) is 0 Å². The van der Waals surface area contributed by atoms with Gasteiger partial charge in [0.1, 0.15) is 22.6 Å². The molecule has 16 heteroatoms. The molecule has 0 aromatic heterocycles. The van der Waals surface area contributed by atoms with E-state index in [4.69, 9.17) is 20.9 Å². The largest absolute Gasteiger partial charge is 0.456 e. The van der Waals surface area contributed by atoms with Crippen LogP contribution in [-0.4, -0.2) is 0 Å². The molecular formula is C22H12F12N2O2. The van der Waals surface area contributed by atoms with Gasteiger partial charge in [-0.2, -0.15) is 52.7 Å². The maximum Gasteiger partial charge on any atom is 0.421 e. The lowest BCUT2D eigenvalue weighted by molar-refractivity contribution is -0.146. The van der Waals surface area contributed by atoms with Crippen LogP contribution in [0.25, 0.3) is 0 Å². The zero-order chi connectivity index (χ0) is 28.8. The minimum absolute atomic E-state index is 0.245. The van der Waals surface area contributed by atoms with Crippen LogP contribution in [0.5, 0.6) is 23.0 Å². The first-order chi connectivity index (χ1) is 17.2. The number of nitrogens with two attached hydrogens (primary N) is 2. The van der Waals surface area contributed by atoms with Crippen molar-refractivity contribution in [3.05, 3.63) is 70.8 Å². The molecular weight excluding hydrogens is 552 g/mol. The fraction of sp³-hybridized carbons (Fsp3) is 0.182. The zero-order valence-corrected chi connectivity index (χ0v) is 18.1. The van der Waals surface area contributed by atoms with E-state index in [1.807, 2.05) is 0 Å². The molecule has 0 aliphatic heterocycles. The summed E-state index contributed by atoms with van der Waals surface area (Å²) in [5.41, 5.74) is 0.652. The Morgan fingerprint density at radius 2 is 0.711 bits per heavy atom. The van der Waals surface area contributed by atoms with E-state index < -0.39 is 81.3 Å². The first-order valence-electron chi connectivity index (χ1n) is 9.80. The van der Waals surface area contributed by atoms with Crippen molar-refractivity contribution in [3.63, 3.8) is 0 Å². The molecule has 0 saturated heterocycles. The molecule has 0 unspecified atom stereocenters. The number of halogens is 12. The molecule has 3 rings (SSSR count). The van der Waals surface area contributed by atoms with E-state index in [2.05, 4.69) is 0 Å². The fourth-order valence-electron chi connectivity index (χ4n) is 3.25. The summed E-state index contributed by atoms with van der Waals surface area (Å²) in [5.74, 6) is -4.85. The van der Waals surface area contributed by atoms with Crippen LogP contribution in [0.15, 0.2) is 48.5 Å². The van der Waals surface area contributed by atoms with Gasteiger partial charge in [-0.1, -0.05) is 0 Å². The predicted octanol–water partition coefficient (Wildman–Crippen LogP) is 8.51. The Hall–Kier alpha value is -3.98. The second-order valence-electron chi connectivity index (χ2n) is 7.48. The van der Waals surface area contributed by atoms with Gasteiger partial charge in [0.05, 0.1) is 11.1 Å². The van der Waals surface area contributed by atoms with Gasteiger partial charge >= 0.3 is 24.7 Å². The number of benzene rings is 3. The molecule has 0 aliphatic carbocycles. The highest BCUT2D eigenvalue weighted by Gasteiger charge is 2.45. The summed E-state index contributed by atoms with van der Waals surface area (Å²) in [6, 6.07) is 3.87. The number of hydrogen-bond donors (Lipinski definition) is 2. The van der Waals surface area contributed by atoms with Gasteiger partial charge < -0.3 is 20.9 Å². The molecule has 0 saturated carbocycles. The van der Waals surface area contributed by atoms with Crippen LogP contribution in [0.4, 0.5) is 64.1 Å². The molecule has 0 radical (unpaired) electrons. The molecule has 206 valence electrons. The van der Waals surface area contributed by atoms with Crippen LogP contribution >= 0.6 is 0 Å². The molecule has 0 heterocycles. The Labute approximate surface area is 204 Å². The summed E-state index contributed by atoms with van der Waals surface area (Å²) in [4.78, 5) is 0. The fourth-order valence-corrected chi connectivity index (χ4v) is 3.25. The van der Waals surface area contributed by atoms with Gasteiger partial charge in [0.2, 0.25) is 0 Å². The van der Waals surface area contributed by atoms with Crippen LogP contribution < -0.4 is 20.9 Å². The normalized spacial score (nSPS) is 12.9. The first kappa shape index (κ1) is 28.6. The molecule has 0 fully saturated rings. The van der Waals surface area contributed by atoms with E-state index in [9.17, 15) is 52.7 Å². The number of nitrogen functional groups attached to an aromatic ring is 2. The summed E-state index contributed by atoms with van der Waals surface area (Å²) in [7, 11) is 0. The van der Waals surface area contributed by atoms with Crippen LogP contribution in [0.3, 0.4) is 0 Å². The van der Waals surface area contributed by atoms with Crippen molar-refractivity contribution in [1.29, 1.82) is 0 Å². The molecule has 38 heavy (non-hydrogen) atoms. The second-order valence-corrected chi connectivity index (χ2v) is 7.48. The summed E-state index contributed by atoms with van der Waals surface area (Å²) in [6.45, 7) is 0. The van der Waals surface area contributed by atoms with Gasteiger partial charge in [-0.3, -0.25) is 0 Å². The Balaban J connectivity index is 2.06. The molecule has 0 bridgehead atoms. The standard InChI is InChI=1S/C22H12F12N2O2/c23-19(24,25)11-5-7-13(35)15(21(29,30)31)17(11)37-9-1-2-10(4-3-9)38-18-12(20(26,27)28)6-8-14(36)16(18)22(32,33)34/h1-8H,35-36H2. The summed E-state index contributed by atoms with van der Waals surface area (Å²) >= 11 is 0. The molecule has 4 nitrogen and oxygen atoms in total. The molecule has 0 aliphatic rings. The van der Waals surface area contributed by atoms with E-state index in [-0.39, 0.29) is 12.1 Å². The van der Waals surface area contributed by atoms with Gasteiger partial charge in [0.25, 0.3) is 0 Å². The van der Waals surface area contributed by atoms with Crippen LogP contribution in [0, 0.1) is 0 Å². The second kappa shape index (κ2) is 9.40. The lowest BCUT2D eigenvalue weighted by Crippen LogP contribution is -2.16. The number of alkyl halides is 12. The minimum Gasteiger partial charge on any atom is -0.456 e. The minimum atomic E-state index is -5.39. The third-order valence-electron chi connectivity index (χ3n) is 4.82. The van der Waals surface area contributed by atoms with Gasteiger partial charge in [0, 0.05) is 11.4 Å². The van der Waals surface area contributed by atoms with Crippen molar-refractivity contribution < 1.29 is 62.2 Å². The lowest BCUT2D eigenvalue weighted by atomic mass is 10.1. The van der Waals surface area contributed by atoms with E-state index in [0.717, 1.165) is 0 Å². The van der Waals surface area contributed by atoms with Crippen molar-refractivity contribution >= 4 is 11.4 Å². The highest BCUT2D eigenvalue weighted by molar-refractivity contribution is 5.62. The highest BCUT2D eigenvalue weighted by atomic mass is 19.4. The van der Waals surface area contributed by atoms with Crippen molar-refractivity contribution in [2.75, 3.05) is 11.5 Å². The smallest absolute Gasteiger partial charge is 0.421 e. The van der Waals surface area contributed by atoms with Crippen molar-refractivity contribution in [2.45, 2.75) is 24.7 Å². The number of ether oxygens (including phenoxy) is 2. The van der Waals surface area contributed by atoms with Crippen molar-refractivity contribution in [1.82, 2.24) is 0 Å². The average Bonchev–Trinajstić information content (AvgIpc) is 2.71. The molecule has 3 aromatic rings. The van der Waals surface area contributed by atoms with Gasteiger partial charge in [-0.25, -0.2) is 0 Å². The Morgan fingerprint density at radius 1 is 0.421 bits per heavy atom. The number of anilines is 2. The number of rotatable bonds is 4. The molecule has 4 N–H and O–H groups in total. The van der Waals surface area contributed by atoms with Crippen LogP contribution in [-0.2, 0) is 24.7 Å². The van der Waals surface area contributed by atoms with E-state index in [0.29, 0.717) is 36.4 Å². The summed E-state index contributed by atoms with van der Waals surface area (Å²) in [6.07, 6.45) is -21.4. The maximum absolute atomic E-state index is 13.4. The van der Waals surface area contributed by atoms with Gasteiger partial charge in [-0.05, 0) is 48.5 Å². The van der Waals surface area contributed by atoms with Crippen molar-refractivity contribution in [3.8, 4) is 23.0 Å². The SMILES string of the molecule is Nc1ccc(C(F)(F)F)c(Oc2ccc(Oc3c(C(F)(F)F)ccc(N)c3C(F)(F)F)cc2)c1C(F)(F)F. The molecule has 0 spiro atoms.